The van der Waals surface area contributed by atoms with Crippen LogP contribution in [-0.2, 0) is 11.3 Å². The van der Waals surface area contributed by atoms with E-state index in [4.69, 9.17) is 0 Å². The highest BCUT2D eigenvalue weighted by Crippen LogP contribution is 2.14. The van der Waals surface area contributed by atoms with Crippen LogP contribution in [0.4, 0.5) is 0 Å². The molecule has 5 heteroatoms. The minimum absolute atomic E-state index is 0.0745. The molecule has 2 rings (SSSR count). The van der Waals surface area contributed by atoms with Crippen molar-refractivity contribution >= 4 is 5.91 Å². The second-order valence-electron chi connectivity index (χ2n) is 6.66. The fourth-order valence-corrected chi connectivity index (χ4v) is 2.85. The highest BCUT2D eigenvalue weighted by molar-refractivity contribution is 5.97. The first-order valence-electron chi connectivity index (χ1n) is 9.05. The molecule has 1 amide bonds. The number of carbonyl (C=O) groups excluding carboxylic acids is 1. The molecule has 1 fully saturated rings. The smallest absolute Gasteiger partial charge is 0.263 e. The summed E-state index contributed by atoms with van der Waals surface area (Å²) in [7, 11) is 0. The fourth-order valence-electron chi connectivity index (χ4n) is 2.85. The van der Waals surface area contributed by atoms with Gasteiger partial charge in [-0.25, -0.2) is 0 Å². The van der Waals surface area contributed by atoms with Crippen LogP contribution in [0.1, 0.15) is 38.7 Å². The largest absolute Gasteiger partial charge is 0.387 e. The van der Waals surface area contributed by atoms with Gasteiger partial charge in [-0.05, 0) is 31.7 Å². The van der Waals surface area contributed by atoms with Gasteiger partial charge in [-0.15, -0.1) is 0 Å². The monoisotopic (exact) mass is 340 g/mol. The Morgan fingerprint density at radius 3 is 2.64 bits per heavy atom. The quantitative estimate of drug-likeness (QED) is 0.591. The SMILES string of the molecule is CCC(C)NC(=O)/C(C#N)=C\NC1CCN(Cc2ccccc2)CC1. The Hall–Kier alpha value is -2.32. The molecule has 0 saturated carbocycles. The molecule has 5 nitrogen and oxygen atoms in total. The maximum atomic E-state index is 12.0. The van der Waals surface area contributed by atoms with Gasteiger partial charge in [0.1, 0.15) is 11.6 Å². The summed E-state index contributed by atoms with van der Waals surface area (Å²) in [5.74, 6) is -0.300. The van der Waals surface area contributed by atoms with Gasteiger partial charge in [0.05, 0.1) is 0 Å². The molecule has 1 heterocycles. The molecule has 1 saturated heterocycles. The number of nitriles is 1. The Labute approximate surface area is 150 Å². The lowest BCUT2D eigenvalue weighted by Gasteiger charge is -2.32. The minimum atomic E-state index is -0.300. The Morgan fingerprint density at radius 2 is 2.04 bits per heavy atom. The Morgan fingerprint density at radius 1 is 1.36 bits per heavy atom. The van der Waals surface area contributed by atoms with Crippen LogP contribution in [0.5, 0.6) is 0 Å². The van der Waals surface area contributed by atoms with E-state index >= 15 is 0 Å². The number of likely N-dealkylation sites (tertiary alicyclic amines) is 1. The molecule has 0 radical (unpaired) electrons. The predicted molar refractivity (Wildman–Crippen MR) is 99.5 cm³/mol. The molecule has 0 aliphatic carbocycles. The lowest BCUT2D eigenvalue weighted by Crippen LogP contribution is -2.41. The van der Waals surface area contributed by atoms with Crippen molar-refractivity contribution in [2.45, 2.75) is 51.7 Å². The highest BCUT2D eigenvalue weighted by atomic mass is 16.1. The second-order valence-corrected chi connectivity index (χ2v) is 6.66. The summed E-state index contributed by atoms with van der Waals surface area (Å²) in [6, 6.07) is 12.9. The summed E-state index contributed by atoms with van der Waals surface area (Å²) in [5.41, 5.74) is 1.48. The van der Waals surface area contributed by atoms with Gasteiger partial charge in [0.2, 0.25) is 0 Å². The van der Waals surface area contributed by atoms with E-state index in [2.05, 4.69) is 39.8 Å². The number of hydrogen-bond donors (Lipinski definition) is 2. The number of nitrogens with zero attached hydrogens (tertiary/aromatic N) is 2. The first kappa shape index (κ1) is 19.0. The molecule has 1 unspecified atom stereocenters. The number of amides is 1. The molecule has 1 aromatic carbocycles. The van der Waals surface area contributed by atoms with E-state index in [9.17, 15) is 10.1 Å². The summed E-state index contributed by atoms with van der Waals surface area (Å²) in [6.45, 7) is 6.94. The van der Waals surface area contributed by atoms with Gasteiger partial charge in [0.15, 0.2) is 0 Å². The predicted octanol–water partition coefficient (Wildman–Crippen LogP) is 2.56. The van der Waals surface area contributed by atoms with Crippen molar-refractivity contribution in [3.63, 3.8) is 0 Å². The Bertz CT molecular complexity index is 612. The first-order chi connectivity index (χ1) is 12.1. The molecule has 1 aromatic rings. The van der Waals surface area contributed by atoms with Crippen molar-refractivity contribution in [1.82, 2.24) is 15.5 Å². The van der Waals surface area contributed by atoms with Crippen molar-refractivity contribution in [2.24, 2.45) is 0 Å². The van der Waals surface area contributed by atoms with Crippen LogP contribution >= 0.6 is 0 Å². The van der Waals surface area contributed by atoms with Gasteiger partial charge in [-0.3, -0.25) is 9.69 Å². The van der Waals surface area contributed by atoms with Crippen molar-refractivity contribution < 1.29 is 4.79 Å². The van der Waals surface area contributed by atoms with E-state index in [1.807, 2.05) is 26.0 Å². The van der Waals surface area contributed by atoms with E-state index in [1.165, 1.54) is 5.56 Å². The standard InChI is InChI=1S/C20H28N4O/c1-3-16(2)23-20(25)18(13-21)14-22-19-9-11-24(12-10-19)15-17-7-5-4-6-8-17/h4-8,14,16,19,22H,3,9-12,15H2,1-2H3,(H,23,25)/b18-14-. The zero-order valence-corrected chi connectivity index (χ0v) is 15.2. The zero-order chi connectivity index (χ0) is 18.1. The van der Waals surface area contributed by atoms with Crippen LogP contribution in [0.3, 0.4) is 0 Å². The number of carbonyl (C=O) groups is 1. The van der Waals surface area contributed by atoms with Gasteiger partial charge in [-0.2, -0.15) is 5.26 Å². The summed E-state index contributed by atoms with van der Waals surface area (Å²) < 4.78 is 0. The third kappa shape index (κ3) is 6.24. The normalized spacial score (nSPS) is 17.6. The average molecular weight is 340 g/mol. The maximum Gasteiger partial charge on any atom is 0.263 e. The minimum Gasteiger partial charge on any atom is -0.387 e. The summed E-state index contributed by atoms with van der Waals surface area (Å²) in [6.07, 6.45) is 4.44. The van der Waals surface area contributed by atoms with Crippen LogP contribution in [-0.4, -0.2) is 36.0 Å². The van der Waals surface area contributed by atoms with E-state index in [0.717, 1.165) is 38.9 Å². The van der Waals surface area contributed by atoms with E-state index in [-0.39, 0.29) is 17.5 Å². The van der Waals surface area contributed by atoms with Crippen LogP contribution in [0, 0.1) is 11.3 Å². The maximum absolute atomic E-state index is 12.0. The summed E-state index contributed by atoms with van der Waals surface area (Å²) in [4.78, 5) is 14.5. The molecular weight excluding hydrogens is 312 g/mol. The molecule has 1 aliphatic heterocycles. The van der Waals surface area contributed by atoms with Gasteiger partial charge in [0, 0.05) is 37.9 Å². The van der Waals surface area contributed by atoms with Crippen molar-refractivity contribution in [3.8, 4) is 6.07 Å². The average Bonchev–Trinajstić information content (AvgIpc) is 2.64. The molecule has 0 aromatic heterocycles. The molecule has 1 aliphatic rings. The van der Waals surface area contributed by atoms with Crippen molar-refractivity contribution in [2.75, 3.05) is 13.1 Å². The zero-order valence-electron chi connectivity index (χ0n) is 15.2. The summed E-state index contributed by atoms with van der Waals surface area (Å²) >= 11 is 0. The number of hydrogen-bond acceptors (Lipinski definition) is 4. The molecule has 1 atom stereocenters. The number of rotatable bonds is 7. The number of nitrogens with one attached hydrogen (secondary N) is 2. The Kier molecular flexibility index (Phi) is 7.49. The van der Waals surface area contributed by atoms with Crippen LogP contribution in [0.2, 0.25) is 0 Å². The molecule has 0 spiro atoms. The summed E-state index contributed by atoms with van der Waals surface area (Å²) in [5, 5.41) is 15.3. The van der Waals surface area contributed by atoms with E-state index in [0.29, 0.717) is 6.04 Å². The van der Waals surface area contributed by atoms with Crippen LogP contribution in [0.15, 0.2) is 42.1 Å². The van der Waals surface area contributed by atoms with Gasteiger partial charge in [-0.1, -0.05) is 37.3 Å². The molecule has 134 valence electrons. The fraction of sp³-hybridized carbons (Fsp3) is 0.500. The van der Waals surface area contributed by atoms with Crippen molar-refractivity contribution in [3.05, 3.63) is 47.7 Å². The third-order valence-electron chi connectivity index (χ3n) is 4.65. The number of piperidine rings is 1. The molecule has 0 bridgehead atoms. The van der Waals surface area contributed by atoms with Gasteiger partial charge < -0.3 is 10.6 Å². The van der Waals surface area contributed by atoms with Crippen LogP contribution < -0.4 is 10.6 Å². The topological polar surface area (TPSA) is 68.2 Å². The van der Waals surface area contributed by atoms with Crippen LogP contribution in [0.25, 0.3) is 0 Å². The highest BCUT2D eigenvalue weighted by Gasteiger charge is 2.19. The molecule has 25 heavy (non-hydrogen) atoms. The number of benzene rings is 1. The van der Waals surface area contributed by atoms with Gasteiger partial charge >= 0.3 is 0 Å². The Balaban J connectivity index is 1.78. The van der Waals surface area contributed by atoms with E-state index in [1.54, 1.807) is 6.20 Å². The lowest BCUT2D eigenvalue weighted by atomic mass is 10.0. The molecular formula is C20H28N4O. The lowest BCUT2D eigenvalue weighted by molar-refractivity contribution is -0.117. The van der Waals surface area contributed by atoms with Crippen molar-refractivity contribution in [1.29, 1.82) is 5.26 Å². The molecule has 2 N–H and O–H groups in total. The van der Waals surface area contributed by atoms with E-state index < -0.39 is 0 Å². The second kappa shape index (κ2) is 9.85. The van der Waals surface area contributed by atoms with Gasteiger partial charge in [0.25, 0.3) is 5.91 Å². The third-order valence-corrected chi connectivity index (χ3v) is 4.65. The first-order valence-corrected chi connectivity index (χ1v) is 9.05.